The number of benzene rings is 1. The van der Waals surface area contributed by atoms with Crippen LogP contribution in [0.4, 0.5) is 0 Å². The van der Waals surface area contributed by atoms with Gasteiger partial charge in [-0.1, -0.05) is 23.7 Å². The highest BCUT2D eigenvalue weighted by atomic mass is 35.5. The van der Waals surface area contributed by atoms with Crippen LogP contribution < -0.4 is 0 Å². The number of thiophene rings is 1. The number of piperidine rings is 1. The molecular formula is C25H29ClN4O2S. The number of fused-ring (bicyclic) bond motifs is 1. The molecule has 0 radical (unpaired) electrons. The Hall–Kier alpha value is -2.38. The number of rotatable bonds is 5. The summed E-state index contributed by atoms with van der Waals surface area (Å²) < 4.78 is 1.98. The zero-order chi connectivity index (χ0) is 22.9. The van der Waals surface area contributed by atoms with Crippen molar-refractivity contribution in [2.75, 3.05) is 26.2 Å². The second-order valence-electron chi connectivity index (χ2n) is 9.23. The van der Waals surface area contributed by atoms with Gasteiger partial charge in [0.1, 0.15) is 4.83 Å². The molecule has 0 atom stereocenters. The van der Waals surface area contributed by atoms with Crippen LogP contribution in [0.3, 0.4) is 0 Å². The van der Waals surface area contributed by atoms with Crippen molar-refractivity contribution in [2.45, 2.75) is 45.6 Å². The molecule has 2 fully saturated rings. The summed E-state index contributed by atoms with van der Waals surface area (Å²) in [6.45, 7) is 5.91. The molecular weight excluding hydrogens is 456 g/mol. The second-order valence-corrected chi connectivity index (χ2v) is 10.7. The van der Waals surface area contributed by atoms with E-state index in [1.165, 1.54) is 11.3 Å². The lowest BCUT2D eigenvalue weighted by Gasteiger charge is -2.32. The molecule has 174 valence electrons. The lowest BCUT2D eigenvalue weighted by atomic mass is 9.93. The molecule has 8 heteroatoms. The Labute approximate surface area is 203 Å². The van der Waals surface area contributed by atoms with E-state index >= 15 is 0 Å². The Kier molecular flexibility index (Phi) is 6.43. The first-order valence-corrected chi connectivity index (χ1v) is 13.0. The monoisotopic (exact) mass is 484 g/mol. The van der Waals surface area contributed by atoms with E-state index in [9.17, 15) is 9.59 Å². The molecule has 0 N–H and O–H groups in total. The van der Waals surface area contributed by atoms with E-state index in [1.54, 1.807) is 0 Å². The molecule has 0 saturated carbocycles. The maximum absolute atomic E-state index is 13.2. The zero-order valence-corrected chi connectivity index (χ0v) is 20.5. The van der Waals surface area contributed by atoms with Crippen LogP contribution in [0.2, 0.25) is 5.02 Å². The molecule has 2 aliphatic heterocycles. The first-order valence-electron chi connectivity index (χ1n) is 11.8. The number of likely N-dealkylation sites (tertiary alicyclic amines) is 2. The molecule has 2 saturated heterocycles. The fraction of sp³-hybridized carbons (Fsp3) is 0.480. The summed E-state index contributed by atoms with van der Waals surface area (Å²) >= 11 is 7.53. The van der Waals surface area contributed by atoms with Crippen molar-refractivity contribution in [1.29, 1.82) is 0 Å². The van der Waals surface area contributed by atoms with Crippen molar-refractivity contribution in [3.8, 4) is 0 Å². The molecule has 0 unspecified atom stereocenters. The van der Waals surface area contributed by atoms with Gasteiger partial charge in [0.2, 0.25) is 5.91 Å². The van der Waals surface area contributed by atoms with Crippen molar-refractivity contribution in [2.24, 2.45) is 5.92 Å². The van der Waals surface area contributed by atoms with Crippen molar-refractivity contribution >= 4 is 45.0 Å². The highest BCUT2D eigenvalue weighted by Crippen LogP contribution is 2.31. The highest BCUT2D eigenvalue weighted by molar-refractivity contribution is 7.20. The van der Waals surface area contributed by atoms with Gasteiger partial charge >= 0.3 is 0 Å². The van der Waals surface area contributed by atoms with Crippen LogP contribution in [0.25, 0.3) is 10.2 Å². The third kappa shape index (κ3) is 4.80. The van der Waals surface area contributed by atoms with E-state index in [1.807, 2.05) is 51.7 Å². The lowest BCUT2D eigenvalue weighted by molar-refractivity contribution is -0.131. The van der Waals surface area contributed by atoms with Gasteiger partial charge in [0.15, 0.2) is 0 Å². The maximum atomic E-state index is 13.2. The van der Waals surface area contributed by atoms with Gasteiger partial charge in [-0.3, -0.25) is 14.3 Å². The molecule has 1 aromatic carbocycles. The van der Waals surface area contributed by atoms with Gasteiger partial charge < -0.3 is 9.80 Å². The van der Waals surface area contributed by atoms with Crippen LogP contribution >= 0.6 is 22.9 Å². The Morgan fingerprint density at radius 3 is 2.45 bits per heavy atom. The Bertz CT molecular complexity index is 1160. The van der Waals surface area contributed by atoms with Crippen molar-refractivity contribution in [3.63, 3.8) is 0 Å². The predicted octanol–water partition coefficient (Wildman–Crippen LogP) is 4.97. The van der Waals surface area contributed by atoms with Gasteiger partial charge in [0, 0.05) is 43.0 Å². The molecule has 2 amide bonds. The summed E-state index contributed by atoms with van der Waals surface area (Å²) in [5.41, 5.74) is 2.06. The normalized spacial score (nSPS) is 17.3. The van der Waals surface area contributed by atoms with E-state index in [-0.39, 0.29) is 5.91 Å². The summed E-state index contributed by atoms with van der Waals surface area (Å²) in [4.78, 5) is 31.5. The van der Waals surface area contributed by atoms with Crippen molar-refractivity contribution in [1.82, 2.24) is 19.6 Å². The standard InChI is InChI=1S/C25H29ClN4O2S/c1-17-21-15-22(33-25(21)30(27-17)16-19-4-6-20(26)7-5-19)24(32)29-12-8-18(9-13-29)14-23(31)28-10-2-3-11-28/h4-7,15,18H,2-3,8-14,16H2,1H3. The summed E-state index contributed by atoms with van der Waals surface area (Å²) in [6.07, 6.45) is 4.69. The van der Waals surface area contributed by atoms with E-state index in [2.05, 4.69) is 5.10 Å². The highest BCUT2D eigenvalue weighted by Gasteiger charge is 2.28. The van der Waals surface area contributed by atoms with Crippen molar-refractivity contribution in [3.05, 3.63) is 51.5 Å². The van der Waals surface area contributed by atoms with Gasteiger partial charge in [-0.2, -0.15) is 5.10 Å². The van der Waals surface area contributed by atoms with E-state index < -0.39 is 0 Å². The van der Waals surface area contributed by atoms with E-state index in [4.69, 9.17) is 11.6 Å². The molecule has 0 spiro atoms. The molecule has 33 heavy (non-hydrogen) atoms. The predicted molar refractivity (Wildman–Crippen MR) is 132 cm³/mol. The summed E-state index contributed by atoms with van der Waals surface area (Å²) in [7, 11) is 0. The summed E-state index contributed by atoms with van der Waals surface area (Å²) in [5, 5.41) is 6.45. The van der Waals surface area contributed by atoms with Crippen LogP contribution in [0.15, 0.2) is 30.3 Å². The zero-order valence-electron chi connectivity index (χ0n) is 18.9. The number of carbonyl (C=O) groups is 2. The van der Waals surface area contributed by atoms with Gasteiger partial charge in [0.05, 0.1) is 17.1 Å². The maximum Gasteiger partial charge on any atom is 0.264 e. The summed E-state index contributed by atoms with van der Waals surface area (Å²) in [5.74, 6) is 0.778. The minimum atomic E-state index is 0.0953. The Morgan fingerprint density at radius 1 is 1.06 bits per heavy atom. The third-order valence-electron chi connectivity index (χ3n) is 6.89. The minimum Gasteiger partial charge on any atom is -0.343 e. The van der Waals surface area contributed by atoms with Gasteiger partial charge in [-0.25, -0.2) is 0 Å². The van der Waals surface area contributed by atoms with Crippen LogP contribution in [0.5, 0.6) is 0 Å². The van der Waals surface area contributed by atoms with E-state index in [0.29, 0.717) is 29.8 Å². The average Bonchev–Trinajstić information content (AvgIpc) is 3.55. The SMILES string of the molecule is Cc1nn(Cc2ccc(Cl)cc2)c2sc(C(=O)N3CCC(CC(=O)N4CCCC4)CC3)cc12. The smallest absolute Gasteiger partial charge is 0.264 e. The fourth-order valence-corrected chi connectivity index (χ4v) is 6.18. The first-order chi connectivity index (χ1) is 16.0. The number of aryl methyl sites for hydroxylation is 1. The van der Waals surface area contributed by atoms with Gasteiger partial charge in [0.25, 0.3) is 5.91 Å². The fourth-order valence-electron chi connectivity index (χ4n) is 4.93. The lowest BCUT2D eigenvalue weighted by Crippen LogP contribution is -2.39. The molecule has 2 aromatic heterocycles. The number of hydrogen-bond acceptors (Lipinski definition) is 4. The van der Waals surface area contributed by atoms with Crippen molar-refractivity contribution < 1.29 is 9.59 Å². The minimum absolute atomic E-state index is 0.0953. The van der Waals surface area contributed by atoms with Gasteiger partial charge in [-0.05, 0) is 62.3 Å². The molecule has 0 bridgehead atoms. The number of amides is 2. The van der Waals surface area contributed by atoms with Crippen LogP contribution in [-0.2, 0) is 11.3 Å². The van der Waals surface area contributed by atoms with Gasteiger partial charge in [-0.15, -0.1) is 11.3 Å². The summed E-state index contributed by atoms with van der Waals surface area (Å²) in [6, 6.07) is 9.77. The largest absolute Gasteiger partial charge is 0.343 e. The second kappa shape index (κ2) is 9.47. The number of nitrogens with zero attached hydrogens (tertiary/aromatic N) is 4. The number of hydrogen-bond donors (Lipinski definition) is 0. The quantitative estimate of drug-likeness (QED) is 0.513. The molecule has 6 nitrogen and oxygen atoms in total. The molecule has 2 aliphatic rings. The first kappa shape index (κ1) is 22.4. The topological polar surface area (TPSA) is 58.4 Å². The van der Waals surface area contributed by atoms with Crippen LogP contribution in [0, 0.1) is 12.8 Å². The van der Waals surface area contributed by atoms with Crippen LogP contribution in [0.1, 0.15) is 53.0 Å². The number of aromatic nitrogens is 2. The molecule has 0 aliphatic carbocycles. The molecule has 5 rings (SSSR count). The third-order valence-corrected chi connectivity index (χ3v) is 8.28. The average molecular weight is 485 g/mol. The molecule has 4 heterocycles. The number of carbonyl (C=O) groups excluding carboxylic acids is 2. The Balaban J connectivity index is 1.23. The van der Waals surface area contributed by atoms with Crippen LogP contribution in [-0.4, -0.2) is 57.6 Å². The number of halogens is 1. The Morgan fingerprint density at radius 2 is 1.76 bits per heavy atom. The molecule has 3 aromatic rings. The van der Waals surface area contributed by atoms with E-state index in [0.717, 1.165) is 78.2 Å².